The minimum atomic E-state index is -0.920. The SMILES string of the molecule is C=CCNC(=O)NC1CCN(C(=O)c2cccn2C)C1C(=O)NC1CCCNC1=O. The highest BCUT2D eigenvalue weighted by Gasteiger charge is 2.44. The molecular weight excluding hydrogens is 388 g/mol. The van der Waals surface area contributed by atoms with Gasteiger partial charge in [0.1, 0.15) is 17.8 Å². The van der Waals surface area contributed by atoms with Gasteiger partial charge in [0.15, 0.2) is 0 Å². The molecular formula is C20H28N6O4. The van der Waals surface area contributed by atoms with E-state index < -0.39 is 30.1 Å². The summed E-state index contributed by atoms with van der Waals surface area (Å²) in [5.41, 5.74) is 0.444. The Bertz CT molecular complexity index is 835. The minimum absolute atomic E-state index is 0.235. The summed E-state index contributed by atoms with van der Waals surface area (Å²) in [5, 5.41) is 10.9. The second-order valence-corrected chi connectivity index (χ2v) is 7.48. The van der Waals surface area contributed by atoms with Crippen molar-refractivity contribution in [3.8, 4) is 0 Å². The molecule has 1 aromatic heterocycles. The van der Waals surface area contributed by atoms with Crippen molar-refractivity contribution < 1.29 is 19.2 Å². The molecule has 10 heteroatoms. The molecule has 3 heterocycles. The number of likely N-dealkylation sites (tertiary alicyclic amines) is 1. The van der Waals surface area contributed by atoms with Crippen molar-refractivity contribution in [3.63, 3.8) is 0 Å². The van der Waals surface area contributed by atoms with Gasteiger partial charge in [-0.25, -0.2) is 4.79 Å². The number of carbonyl (C=O) groups is 4. The first-order valence-electron chi connectivity index (χ1n) is 10.1. The Morgan fingerprint density at radius 1 is 1.30 bits per heavy atom. The quantitative estimate of drug-likeness (QED) is 0.466. The van der Waals surface area contributed by atoms with Gasteiger partial charge in [0.2, 0.25) is 11.8 Å². The lowest BCUT2D eigenvalue weighted by Gasteiger charge is -2.30. The molecule has 2 aliphatic heterocycles. The fourth-order valence-electron chi connectivity index (χ4n) is 3.88. The van der Waals surface area contributed by atoms with Crippen molar-refractivity contribution in [2.45, 2.75) is 37.4 Å². The molecule has 1 aromatic rings. The molecule has 0 radical (unpaired) electrons. The third-order valence-electron chi connectivity index (χ3n) is 5.42. The van der Waals surface area contributed by atoms with Gasteiger partial charge in [0.25, 0.3) is 5.91 Å². The Labute approximate surface area is 175 Å². The van der Waals surface area contributed by atoms with E-state index in [1.54, 1.807) is 36.0 Å². The van der Waals surface area contributed by atoms with Crippen molar-refractivity contribution in [1.29, 1.82) is 0 Å². The van der Waals surface area contributed by atoms with Gasteiger partial charge in [-0.2, -0.15) is 0 Å². The molecule has 5 amide bonds. The molecule has 0 aromatic carbocycles. The van der Waals surface area contributed by atoms with Crippen LogP contribution in [0.15, 0.2) is 31.0 Å². The highest BCUT2D eigenvalue weighted by molar-refractivity contribution is 5.98. The van der Waals surface area contributed by atoms with Crippen LogP contribution in [0.4, 0.5) is 4.79 Å². The predicted molar refractivity (Wildman–Crippen MR) is 110 cm³/mol. The van der Waals surface area contributed by atoms with Gasteiger partial charge in [-0.15, -0.1) is 6.58 Å². The summed E-state index contributed by atoms with van der Waals surface area (Å²) in [6, 6.07) is 0.852. The fraction of sp³-hybridized carbons (Fsp3) is 0.500. The van der Waals surface area contributed by atoms with E-state index in [1.165, 1.54) is 4.90 Å². The van der Waals surface area contributed by atoms with Gasteiger partial charge in [-0.1, -0.05) is 6.08 Å². The van der Waals surface area contributed by atoms with E-state index in [4.69, 9.17) is 0 Å². The number of hydrogen-bond donors (Lipinski definition) is 4. The van der Waals surface area contributed by atoms with Crippen LogP contribution in [-0.2, 0) is 16.6 Å². The standard InChI is InChI=1S/C20H28N6O4/c1-3-9-22-20(30)24-13-8-12-26(19(29)15-7-5-11-25(15)2)16(13)18(28)23-14-6-4-10-21-17(14)27/h3,5,7,11,13-14,16H,1,4,6,8-10,12H2,2H3,(H,21,27)(H,23,28)(H2,22,24,30). The monoisotopic (exact) mass is 416 g/mol. The van der Waals surface area contributed by atoms with Crippen LogP contribution in [0.5, 0.6) is 0 Å². The Balaban J connectivity index is 1.79. The molecule has 2 saturated heterocycles. The van der Waals surface area contributed by atoms with E-state index in [-0.39, 0.29) is 18.4 Å². The highest BCUT2D eigenvalue weighted by Crippen LogP contribution is 2.22. The van der Waals surface area contributed by atoms with Crippen molar-refractivity contribution in [3.05, 3.63) is 36.7 Å². The van der Waals surface area contributed by atoms with Gasteiger partial charge in [-0.05, 0) is 31.4 Å². The number of nitrogens with one attached hydrogen (secondary N) is 4. The maximum atomic E-state index is 13.2. The van der Waals surface area contributed by atoms with E-state index in [2.05, 4.69) is 27.8 Å². The minimum Gasteiger partial charge on any atom is -0.354 e. The average Bonchev–Trinajstić information content (AvgIpc) is 3.34. The molecule has 10 nitrogen and oxygen atoms in total. The number of urea groups is 1. The predicted octanol–water partition coefficient (Wildman–Crippen LogP) is -0.512. The zero-order valence-electron chi connectivity index (χ0n) is 17.0. The smallest absolute Gasteiger partial charge is 0.315 e. The largest absolute Gasteiger partial charge is 0.354 e. The van der Waals surface area contributed by atoms with E-state index in [9.17, 15) is 19.2 Å². The molecule has 0 spiro atoms. The first kappa shape index (κ1) is 21.4. The molecule has 0 aliphatic carbocycles. The van der Waals surface area contributed by atoms with Crippen LogP contribution in [-0.4, -0.2) is 71.0 Å². The van der Waals surface area contributed by atoms with Gasteiger partial charge in [0.05, 0.1) is 6.04 Å². The zero-order valence-corrected chi connectivity index (χ0v) is 17.0. The second kappa shape index (κ2) is 9.47. The van der Waals surface area contributed by atoms with Crippen LogP contribution in [0.2, 0.25) is 0 Å². The summed E-state index contributed by atoms with van der Waals surface area (Å²) in [6.07, 6.45) is 5.02. The van der Waals surface area contributed by atoms with Crippen molar-refractivity contribution in [2.24, 2.45) is 7.05 Å². The number of carbonyl (C=O) groups excluding carboxylic acids is 4. The number of piperidine rings is 1. The van der Waals surface area contributed by atoms with Gasteiger partial charge < -0.3 is 30.7 Å². The van der Waals surface area contributed by atoms with Crippen LogP contribution in [0, 0.1) is 0 Å². The third kappa shape index (κ3) is 4.64. The van der Waals surface area contributed by atoms with Crippen LogP contribution in [0.3, 0.4) is 0 Å². The van der Waals surface area contributed by atoms with Crippen molar-refractivity contribution in [1.82, 2.24) is 30.7 Å². The molecule has 3 rings (SSSR count). The Kier molecular flexibility index (Phi) is 6.76. The van der Waals surface area contributed by atoms with Gasteiger partial charge >= 0.3 is 6.03 Å². The van der Waals surface area contributed by atoms with Crippen LogP contribution >= 0.6 is 0 Å². The normalized spacial score (nSPS) is 23.4. The van der Waals surface area contributed by atoms with Crippen molar-refractivity contribution in [2.75, 3.05) is 19.6 Å². The number of hydrogen-bond acceptors (Lipinski definition) is 4. The molecule has 3 unspecified atom stereocenters. The summed E-state index contributed by atoms with van der Waals surface area (Å²) in [4.78, 5) is 51.9. The van der Waals surface area contributed by atoms with Crippen LogP contribution in [0.1, 0.15) is 29.8 Å². The Morgan fingerprint density at radius 2 is 2.10 bits per heavy atom. The molecule has 0 bridgehead atoms. The number of aromatic nitrogens is 1. The molecule has 162 valence electrons. The summed E-state index contributed by atoms with van der Waals surface area (Å²) in [5.74, 6) is -0.987. The first-order chi connectivity index (χ1) is 14.4. The van der Waals surface area contributed by atoms with E-state index in [0.29, 0.717) is 31.6 Å². The topological polar surface area (TPSA) is 125 Å². The van der Waals surface area contributed by atoms with E-state index in [1.807, 2.05) is 0 Å². The van der Waals surface area contributed by atoms with Gasteiger partial charge in [-0.3, -0.25) is 14.4 Å². The second-order valence-electron chi connectivity index (χ2n) is 7.48. The zero-order chi connectivity index (χ0) is 21.7. The molecule has 3 atom stereocenters. The van der Waals surface area contributed by atoms with E-state index in [0.717, 1.165) is 6.42 Å². The summed E-state index contributed by atoms with van der Waals surface area (Å²) in [6.45, 7) is 4.73. The lowest BCUT2D eigenvalue weighted by molar-refractivity contribution is -0.132. The molecule has 2 aliphatic rings. The van der Waals surface area contributed by atoms with E-state index >= 15 is 0 Å². The number of rotatable bonds is 6. The maximum absolute atomic E-state index is 13.2. The first-order valence-corrected chi connectivity index (χ1v) is 10.1. The fourth-order valence-corrected chi connectivity index (χ4v) is 3.88. The average molecular weight is 416 g/mol. The Hall–Kier alpha value is -3.30. The summed E-state index contributed by atoms with van der Waals surface area (Å²) < 4.78 is 1.68. The summed E-state index contributed by atoms with van der Waals surface area (Å²) in [7, 11) is 1.75. The molecule has 30 heavy (non-hydrogen) atoms. The Morgan fingerprint density at radius 3 is 2.77 bits per heavy atom. The van der Waals surface area contributed by atoms with Gasteiger partial charge in [0, 0.05) is 32.9 Å². The summed E-state index contributed by atoms with van der Waals surface area (Å²) >= 11 is 0. The third-order valence-corrected chi connectivity index (χ3v) is 5.42. The maximum Gasteiger partial charge on any atom is 0.315 e. The number of amides is 5. The lowest BCUT2D eigenvalue weighted by Crippen LogP contribution is -2.59. The highest BCUT2D eigenvalue weighted by atomic mass is 16.2. The lowest BCUT2D eigenvalue weighted by atomic mass is 10.0. The number of nitrogens with zero attached hydrogens (tertiary/aromatic N) is 2. The number of aryl methyl sites for hydroxylation is 1. The molecule has 4 N–H and O–H groups in total. The molecule has 0 saturated carbocycles. The molecule has 2 fully saturated rings. The van der Waals surface area contributed by atoms with Crippen LogP contribution in [0.25, 0.3) is 0 Å². The van der Waals surface area contributed by atoms with Crippen molar-refractivity contribution >= 4 is 23.8 Å². The van der Waals surface area contributed by atoms with Crippen LogP contribution < -0.4 is 21.3 Å².